The van der Waals surface area contributed by atoms with E-state index in [4.69, 9.17) is 21.7 Å². The van der Waals surface area contributed by atoms with E-state index in [1.807, 2.05) is 0 Å². The lowest BCUT2D eigenvalue weighted by molar-refractivity contribution is -0.158. The summed E-state index contributed by atoms with van der Waals surface area (Å²) in [7, 11) is 0. The first-order valence-electron chi connectivity index (χ1n) is 3.97. The molecule has 0 bridgehead atoms. The van der Waals surface area contributed by atoms with E-state index in [0.29, 0.717) is 0 Å². The average molecular weight is 206 g/mol. The van der Waals surface area contributed by atoms with Crippen molar-refractivity contribution in [1.82, 2.24) is 0 Å². The van der Waals surface area contributed by atoms with Crippen LogP contribution in [0, 0.1) is 0 Å². The maximum absolute atomic E-state index is 10.5. The third kappa shape index (κ3) is 3.29. The van der Waals surface area contributed by atoms with E-state index in [2.05, 4.69) is 0 Å². The number of nitrogens with two attached hydrogens (primary N) is 2. The molecule has 0 saturated carbocycles. The van der Waals surface area contributed by atoms with E-state index in [0.717, 1.165) is 0 Å². The van der Waals surface area contributed by atoms with Gasteiger partial charge in [0, 0.05) is 6.54 Å². The van der Waals surface area contributed by atoms with Crippen molar-refractivity contribution in [2.45, 2.75) is 24.5 Å². The standard InChI is InChI=1S/C7H14N2O5/c8-3-7(14,6(12)13)2-1-4(9)5(10)11/h4,14H,1-3,8-9H2,(H,10,11)(H,12,13)/t4-,7-/m0/s1. The zero-order chi connectivity index (χ0) is 11.4. The van der Waals surface area contributed by atoms with Crippen LogP contribution in [0.15, 0.2) is 0 Å². The predicted molar refractivity (Wildman–Crippen MR) is 46.5 cm³/mol. The minimum Gasteiger partial charge on any atom is -0.480 e. The molecule has 0 aliphatic heterocycles. The number of carbonyl (C=O) groups is 2. The van der Waals surface area contributed by atoms with Crippen LogP contribution in [0.5, 0.6) is 0 Å². The summed E-state index contributed by atoms with van der Waals surface area (Å²) in [4.78, 5) is 20.8. The first-order valence-corrected chi connectivity index (χ1v) is 3.97. The van der Waals surface area contributed by atoms with Gasteiger partial charge in [0.1, 0.15) is 6.04 Å². The molecule has 0 unspecified atom stereocenters. The Morgan fingerprint density at radius 3 is 2.14 bits per heavy atom. The minimum absolute atomic E-state index is 0.144. The Morgan fingerprint density at radius 1 is 1.36 bits per heavy atom. The highest BCUT2D eigenvalue weighted by Crippen LogP contribution is 2.12. The average Bonchev–Trinajstić information content (AvgIpc) is 2.12. The molecule has 0 aromatic rings. The molecule has 14 heavy (non-hydrogen) atoms. The van der Waals surface area contributed by atoms with Gasteiger partial charge in [-0.05, 0) is 12.8 Å². The van der Waals surface area contributed by atoms with Gasteiger partial charge in [0.05, 0.1) is 0 Å². The molecule has 0 amide bonds. The number of rotatable bonds is 6. The molecule has 0 aliphatic carbocycles. The summed E-state index contributed by atoms with van der Waals surface area (Å²) >= 11 is 0. The fourth-order valence-corrected chi connectivity index (χ4v) is 0.814. The molecule has 0 aromatic heterocycles. The summed E-state index contributed by atoms with van der Waals surface area (Å²) in [5.74, 6) is -2.72. The minimum atomic E-state index is -2.09. The first kappa shape index (κ1) is 12.8. The number of aliphatic hydroxyl groups is 1. The molecule has 0 aliphatic rings. The lowest BCUT2D eigenvalue weighted by Crippen LogP contribution is -2.47. The Morgan fingerprint density at radius 2 is 1.86 bits per heavy atom. The molecule has 0 saturated heterocycles. The molecule has 2 atom stereocenters. The van der Waals surface area contributed by atoms with Gasteiger partial charge in [0.2, 0.25) is 0 Å². The quantitative estimate of drug-likeness (QED) is 0.336. The second-order valence-corrected chi connectivity index (χ2v) is 3.02. The Bertz CT molecular complexity index is 232. The maximum atomic E-state index is 10.5. The van der Waals surface area contributed by atoms with Crippen molar-refractivity contribution >= 4 is 11.9 Å². The normalized spacial score (nSPS) is 17.1. The highest BCUT2D eigenvalue weighted by molar-refractivity contribution is 5.78. The van der Waals surface area contributed by atoms with Crippen LogP contribution in [-0.4, -0.2) is 45.4 Å². The van der Waals surface area contributed by atoms with Crippen LogP contribution >= 0.6 is 0 Å². The number of hydrogen-bond acceptors (Lipinski definition) is 5. The van der Waals surface area contributed by atoms with Gasteiger partial charge < -0.3 is 26.8 Å². The van der Waals surface area contributed by atoms with Crippen molar-refractivity contribution in [2.75, 3.05) is 6.54 Å². The van der Waals surface area contributed by atoms with Crippen LogP contribution < -0.4 is 11.5 Å². The molecule has 0 rings (SSSR count). The Hall–Kier alpha value is -1.18. The largest absolute Gasteiger partial charge is 0.480 e. The maximum Gasteiger partial charge on any atom is 0.337 e. The number of carboxylic acid groups (broad SMARTS) is 2. The Labute approximate surface area is 80.3 Å². The van der Waals surface area contributed by atoms with E-state index in [1.165, 1.54) is 0 Å². The van der Waals surface area contributed by atoms with Gasteiger partial charge >= 0.3 is 11.9 Å². The summed E-state index contributed by atoms with van der Waals surface area (Å²) in [5.41, 5.74) is 8.10. The first-order chi connectivity index (χ1) is 6.33. The van der Waals surface area contributed by atoms with Crippen molar-refractivity contribution in [1.29, 1.82) is 0 Å². The Balaban J connectivity index is 4.21. The van der Waals surface area contributed by atoms with Crippen molar-refractivity contribution in [3.05, 3.63) is 0 Å². The predicted octanol–water partition coefficient (Wildman–Crippen LogP) is -2.05. The summed E-state index contributed by atoms with van der Waals surface area (Å²) < 4.78 is 0. The fraction of sp³-hybridized carbons (Fsp3) is 0.714. The van der Waals surface area contributed by atoms with Gasteiger partial charge in [0.25, 0.3) is 0 Å². The summed E-state index contributed by atoms with van der Waals surface area (Å²) in [6.07, 6.45) is -0.429. The van der Waals surface area contributed by atoms with E-state index in [-0.39, 0.29) is 12.8 Å². The van der Waals surface area contributed by atoms with Gasteiger partial charge in [-0.25, -0.2) is 4.79 Å². The summed E-state index contributed by atoms with van der Waals surface area (Å²) in [6.45, 7) is -0.478. The molecule has 0 heterocycles. The number of carboxylic acids is 2. The molecule has 7 N–H and O–H groups in total. The highest BCUT2D eigenvalue weighted by Gasteiger charge is 2.35. The summed E-state index contributed by atoms with van der Waals surface area (Å²) in [5, 5.41) is 26.3. The van der Waals surface area contributed by atoms with E-state index in [1.54, 1.807) is 0 Å². The molecule has 0 aromatic carbocycles. The van der Waals surface area contributed by atoms with E-state index < -0.39 is 30.1 Å². The second kappa shape index (κ2) is 4.89. The molecule has 0 radical (unpaired) electrons. The van der Waals surface area contributed by atoms with Crippen LogP contribution in [0.25, 0.3) is 0 Å². The molecular weight excluding hydrogens is 192 g/mol. The van der Waals surface area contributed by atoms with Gasteiger partial charge in [-0.1, -0.05) is 0 Å². The van der Waals surface area contributed by atoms with Gasteiger partial charge in [0.15, 0.2) is 5.60 Å². The van der Waals surface area contributed by atoms with Crippen LogP contribution in [0.4, 0.5) is 0 Å². The van der Waals surface area contributed by atoms with Gasteiger partial charge in [-0.2, -0.15) is 0 Å². The van der Waals surface area contributed by atoms with E-state index >= 15 is 0 Å². The zero-order valence-corrected chi connectivity index (χ0v) is 7.51. The van der Waals surface area contributed by atoms with Crippen molar-refractivity contribution in [3.63, 3.8) is 0 Å². The summed E-state index contributed by atoms with van der Waals surface area (Å²) in [6, 6.07) is -1.19. The topological polar surface area (TPSA) is 147 Å². The van der Waals surface area contributed by atoms with Crippen LogP contribution in [-0.2, 0) is 9.59 Å². The highest BCUT2D eigenvalue weighted by atomic mass is 16.4. The monoisotopic (exact) mass is 206 g/mol. The lowest BCUT2D eigenvalue weighted by atomic mass is 9.95. The SMILES string of the molecule is NC[C@@](O)(CC[C@H](N)C(=O)O)C(=O)O. The third-order valence-electron chi connectivity index (χ3n) is 1.92. The van der Waals surface area contributed by atoms with Gasteiger partial charge in [-0.3, -0.25) is 4.79 Å². The molecule has 7 heteroatoms. The number of aliphatic carboxylic acids is 2. The molecule has 82 valence electrons. The lowest BCUT2D eigenvalue weighted by Gasteiger charge is -2.21. The second-order valence-electron chi connectivity index (χ2n) is 3.02. The van der Waals surface area contributed by atoms with Crippen LogP contribution in [0.2, 0.25) is 0 Å². The van der Waals surface area contributed by atoms with Crippen molar-refractivity contribution in [3.8, 4) is 0 Å². The Kier molecular flexibility index (Phi) is 4.48. The third-order valence-corrected chi connectivity index (χ3v) is 1.92. The fourth-order valence-electron chi connectivity index (χ4n) is 0.814. The van der Waals surface area contributed by atoms with Crippen LogP contribution in [0.3, 0.4) is 0 Å². The van der Waals surface area contributed by atoms with Crippen molar-refractivity contribution in [2.24, 2.45) is 11.5 Å². The van der Waals surface area contributed by atoms with Gasteiger partial charge in [-0.15, -0.1) is 0 Å². The smallest absolute Gasteiger partial charge is 0.337 e. The van der Waals surface area contributed by atoms with Crippen LogP contribution in [0.1, 0.15) is 12.8 Å². The van der Waals surface area contributed by atoms with Crippen molar-refractivity contribution < 1.29 is 24.9 Å². The van der Waals surface area contributed by atoms with E-state index in [9.17, 15) is 14.7 Å². The molecular formula is C7H14N2O5. The zero-order valence-electron chi connectivity index (χ0n) is 7.51. The molecule has 0 fully saturated rings. The number of hydrogen-bond donors (Lipinski definition) is 5. The molecule has 0 spiro atoms. The molecule has 7 nitrogen and oxygen atoms in total.